The van der Waals surface area contributed by atoms with Gasteiger partial charge in [-0.05, 0) is 41.4 Å². The van der Waals surface area contributed by atoms with Crippen LogP contribution in [0, 0.1) is 0 Å². The van der Waals surface area contributed by atoms with E-state index in [-0.39, 0.29) is 5.04 Å². The van der Waals surface area contributed by atoms with E-state index in [2.05, 4.69) is 33.9 Å². The molecule has 0 aliphatic heterocycles. The van der Waals surface area contributed by atoms with Crippen LogP contribution in [0.1, 0.15) is 26.3 Å². The second-order valence-corrected chi connectivity index (χ2v) is 12.5. The molecule has 5 heteroatoms. The molecular weight excluding hydrogens is 340 g/mol. The predicted molar refractivity (Wildman–Crippen MR) is 105 cm³/mol. The maximum absolute atomic E-state index is 6.20. The SMILES string of the molecule is COc1ccc(COC/C=C(\CCl)CO[Si](C)(C)C(C)(C)C)cc1. The monoisotopic (exact) mass is 370 g/mol. The zero-order chi connectivity index (χ0) is 18.2. The quantitative estimate of drug-likeness (QED) is 0.252. The van der Waals surface area contributed by atoms with Crippen LogP contribution < -0.4 is 4.74 Å². The third-order valence-electron chi connectivity index (χ3n) is 4.51. The molecule has 136 valence electrons. The standard InChI is InChI=1S/C19H31ClO3Si/c1-19(2,3)24(5,6)23-15-17(13-20)11-12-22-14-16-7-9-18(21-4)10-8-16/h7-11H,12-15H2,1-6H3/b17-11+. The molecule has 0 spiro atoms. The molecule has 0 heterocycles. The van der Waals surface area contributed by atoms with E-state index in [1.807, 2.05) is 30.3 Å². The number of methoxy groups -OCH3 is 1. The molecule has 1 aromatic carbocycles. The minimum absolute atomic E-state index is 0.204. The van der Waals surface area contributed by atoms with E-state index in [0.717, 1.165) is 16.9 Å². The normalized spacial score (nSPS) is 13.2. The summed E-state index contributed by atoms with van der Waals surface area (Å²) in [6.45, 7) is 12.9. The van der Waals surface area contributed by atoms with Gasteiger partial charge in [0.15, 0.2) is 8.32 Å². The summed E-state index contributed by atoms with van der Waals surface area (Å²) in [7, 11) is -0.0828. The number of rotatable bonds is 9. The van der Waals surface area contributed by atoms with Crippen LogP contribution in [0.25, 0.3) is 0 Å². The summed E-state index contributed by atoms with van der Waals surface area (Å²) < 4.78 is 17.1. The van der Waals surface area contributed by atoms with Crippen LogP contribution in [-0.4, -0.2) is 34.5 Å². The van der Waals surface area contributed by atoms with Crippen molar-refractivity contribution in [2.75, 3.05) is 26.2 Å². The first-order valence-electron chi connectivity index (χ1n) is 8.28. The lowest BCUT2D eigenvalue weighted by Crippen LogP contribution is -2.41. The summed E-state index contributed by atoms with van der Waals surface area (Å²) in [5.41, 5.74) is 2.20. The van der Waals surface area contributed by atoms with Gasteiger partial charge in [0.25, 0.3) is 0 Å². The Labute approximate surface area is 153 Å². The summed E-state index contributed by atoms with van der Waals surface area (Å²) in [5, 5.41) is 0.204. The molecule has 0 unspecified atom stereocenters. The lowest BCUT2D eigenvalue weighted by Gasteiger charge is -2.36. The van der Waals surface area contributed by atoms with Crippen LogP contribution in [-0.2, 0) is 15.8 Å². The average molecular weight is 371 g/mol. The molecule has 1 aromatic rings. The molecule has 24 heavy (non-hydrogen) atoms. The van der Waals surface area contributed by atoms with Gasteiger partial charge in [-0.3, -0.25) is 0 Å². The molecule has 0 aliphatic carbocycles. The highest BCUT2D eigenvalue weighted by atomic mass is 35.5. The summed E-state index contributed by atoms with van der Waals surface area (Å²) in [4.78, 5) is 0. The van der Waals surface area contributed by atoms with Crippen molar-refractivity contribution in [1.29, 1.82) is 0 Å². The van der Waals surface area contributed by atoms with Gasteiger partial charge in [-0.15, -0.1) is 11.6 Å². The highest BCUT2D eigenvalue weighted by molar-refractivity contribution is 6.74. The van der Waals surface area contributed by atoms with Gasteiger partial charge in [-0.25, -0.2) is 0 Å². The van der Waals surface area contributed by atoms with E-state index < -0.39 is 8.32 Å². The van der Waals surface area contributed by atoms with Crippen molar-refractivity contribution in [2.24, 2.45) is 0 Å². The van der Waals surface area contributed by atoms with Gasteiger partial charge in [-0.1, -0.05) is 39.0 Å². The Morgan fingerprint density at radius 1 is 1.17 bits per heavy atom. The third-order valence-corrected chi connectivity index (χ3v) is 9.34. The molecule has 0 aromatic heterocycles. The molecular formula is C19H31ClO3Si. The molecule has 0 N–H and O–H groups in total. The van der Waals surface area contributed by atoms with E-state index in [1.165, 1.54) is 0 Å². The molecule has 3 nitrogen and oxygen atoms in total. The highest BCUT2D eigenvalue weighted by Gasteiger charge is 2.37. The van der Waals surface area contributed by atoms with Crippen molar-refractivity contribution in [1.82, 2.24) is 0 Å². The average Bonchev–Trinajstić information content (AvgIpc) is 2.53. The van der Waals surface area contributed by atoms with Gasteiger partial charge in [0.2, 0.25) is 0 Å². The van der Waals surface area contributed by atoms with Crippen LogP contribution in [0.4, 0.5) is 0 Å². The Hall–Kier alpha value is -0.813. The van der Waals surface area contributed by atoms with Gasteiger partial charge in [0.05, 0.1) is 26.9 Å². The Bertz CT molecular complexity index is 518. The molecule has 0 aliphatic rings. The van der Waals surface area contributed by atoms with Crippen LogP contribution in [0.15, 0.2) is 35.9 Å². The second-order valence-electron chi connectivity index (χ2n) is 7.41. The molecule has 0 amide bonds. The fraction of sp³-hybridized carbons (Fsp3) is 0.579. The zero-order valence-corrected chi connectivity index (χ0v) is 17.6. The van der Waals surface area contributed by atoms with E-state index in [4.69, 9.17) is 25.5 Å². The molecule has 0 atom stereocenters. The lowest BCUT2D eigenvalue weighted by molar-refractivity contribution is 0.147. The molecule has 0 bridgehead atoms. The number of ether oxygens (including phenoxy) is 2. The molecule has 0 saturated heterocycles. The first kappa shape index (κ1) is 21.2. The van der Waals surface area contributed by atoms with E-state index in [9.17, 15) is 0 Å². The van der Waals surface area contributed by atoms with Gasteiger partial charge in [-0.2, -0.15) is 0 Å². The van der Waals surface area contributed by atoms with Gasteiger partial charge in [0.1, 0.15) is 5.75 Å². The zero-order valence-electron chi connectivity index (χ0n) is 15.8. The van der Waals surface area contributed by atoms with Crippen LogP contribution in [0.3, 0.4) is 0 Å². The molecule has 0 radical (unpaired) electrons. The Balaban J connectivity index is 2.43. The topological polar surface area (TPSA) is 27.7 Å². The molecule has 1 rings (SSSR count). The van der Waals surface area contributed by atoms with E-state index >= 15 is 0 Å². The first-order chi connectivity index (χ1) is 11.2. The summed E-state index contributed by atoms with van der Waals surface area (Å²) >= 11 is 6.04. The maximum Gasteiger partial charge on any atom is 0.192 e. The number of benzene rings is 1. The lowest BCUT2D eigenvalue weighted by atomic mass is 10.2. The Morgan fingerprint density at radius 2 is 1.79 bits per heavy atom. The fourth-order valence-electron chi connectivity index (χ4n) is 1.72. The third kappa shape index (κ3) is 6.97. The highest BCUT2D eigenvalue weighted by Crippen LogP contribution is 2.36. The minimum atomic E-state index is -1.75. The summed E-state index contributed by atoms with van der Waals surface area (Å²) in [6.07, 6.45) is 2.03. The summed E-state index contributed by atoms with van der Waals surface area (Å²) in [5.74, 6) is 1.33. The fourth-order valence-corrected chi connectivity index (χ4v) is 2.88. The van der Waals surface area contributed by atoms with Crippen molar-refractivity contribution < 1.29 is 13.9 Å². The van der Waals surface area contributed by atoms with Crippen molar-refractivity contribution in [3.05, 3.63) is 41.5 Å². The largest absolute Gasteiger partial charge is 0.497 e. The number of hydrogen-bond acceptors (Lipinski definition) is 3. The Morgan fingerprint density at radius 3 is 2.29 bits per heavy atom. The van der Waals surface area contributed by atoms with Crippen LogP contribution >= 0.6 is 11.6 Å². The van der Waals surface area contributed by atoms with Crippen LogP contribution in [0.2, 0.25) is 18.1 Å². The first-order valence-corrected chi connectivity index (χ1v) is 11.7. The van der Waals surface area contributed by atoms with Gasteiger partial charge in [0, 0.05) is 5.88 Å². The van der Waals surface area contributed by atoms with E-state index in [1.54, 1.807) is 7.11 Å². The van der Waals surface area contributed by atoms with Crippen molar-refractivity contribution in [2.45, 2.75) is 45.5 Å². The number of halogens is 1. The maximum atomic E-state index is 6.20. The molecule has 0 fully saturated rings. The van der Waals surface area contributed by atoms with E-state index in [0.29, 0.717) is 25.7 Å². The van der Waals surface area contributed by atoms with Gasteiger partial charge >= 0.3 is 0 Å². The molecule has 0 saturated carbocycles. The second kappa shape index (κ2) is 9.61. The predicted octanol–water partition coefficient (Wildman–Crippen LogP) is 5.40. The summed E-state index contributed by atoms with van der Waals surface area (Å²) in [6, 6.07) is 7.88. The van der Waals surface area contributed by atoms with Crippen molar-refractivity contribution in [3.8, 4) is 5.75 Å². The van der Waals surface area contributed by atoms with Crippen molar-refractivity contribution >= 4 is 19.9 Å². The number of hydrogen-bond donors (Lipinski definition) is 0. The van der Waals surface area contributed by atoms with Crippen LogP contribution in [0.5, 0.6) is 5.75 Å². The minimum Gasteiger partial charge on any atom is -0.497 e. The van der Waals surface area contributed by atoms with Crippen molar-refractivity contribution in [3.63, 3.8) is 0 Å². The van der Waals surface area contributed by atoms with Gasteiger partial charge < -0.3 is 13.9 Å². The smallest absolute Gasteiger partial charge is 0.192 e. The Kier molecular flexibility index (Phi) is 8.50. The number of alkyl halides is 1.